The van der Waals surface area contributed by atoms with Crippen LogP contribution in [0.15, 0.2) is 88.9 Å². The highest BCUT2D eigenvalue weighted by Crippen LogP contribution is 2.51. The van der Waals surface area contributed by atoms with Crippen LogP contribution >= 0.6 is 11.3 Å². The molecule has 0 bridgehead atoms. The average molecular weight is 842 g/mol. The molecule has 5 heterocycles. The van der Waals surface area contributed by atoms with Crippen LogP contribution in [0.5, 0.6) is 11.5 Å². The number of aromatic hydroxyl groups is 1. The molecule has 3 N–H and O–H groups in total. The number of anilines is 1. The quantitative estimate of drug-likeness (QED) is 0.116. The van der Waals surface area contributed by atoms with Crippen molar-refractivity contribution in [2.75, 3.05) is 24.5 Å². The molecule has 3 aromatic carbocycles. The Hall–Kier alpha value is -5.86. The van der Waals surface area contributed by atoms with Crippen molar-refractivity contribution in [2.24, 2.45) is 11.3 Å². The number of hydrogen-bond donors (Lipinski definition) is 3. The van der Waals surface area contributed by atoms with Gasteiger partial charge in [0, 0.05) is 43.1 Å². The summed E-state index contributed by atoms with van der Waals surface area (Å²) < 4.78 is 12.4. The Morgan fingerprint density at radius 2 is 1.75 bits per heavy atom. The van der Waals surface area contributed by atoms with Crippen LogP contribution in [0.3, 0.4) is 0 Å². The lowest BCUT2D eigenvalue weighted by Gasteiger charge is -2.51. The number of nitrogens with one attached hydrogen (secondary N) is 1. The molecule has 2 saturated heterocycles. The van der Waals surface area contributed by atoms with Crippen molar-refractivity contribution in [3.63, 3.8) is 0 Å². The molecular formula is C47H51N7O6S. The standard InChI is InChI=1S/C47H51N7O6S/c1-27(2)43(46(58)54-25-33(55)21-39(54)45(57)49-28(3)30-9-11-31(12-10-30)44-29(4)48-26-61-44)41-22-42(52-60-41)53-17-15-47(16-18-53)23-35(24-47)59-34-13-14-37-32(19-34)20-38(51-50-37)36-7-5-6-8-40(36)56/h5-14,19-20,22,26-28,33,35,39,43,55-56H,15-18,21,23-25H2,1-4H3,(H,49,57)/t28-,33+,39-,43?/m0/s1. The van der Waals surface area contributed by atoms with Crippen molar-refractivity contribution in [3.05, 3.63) is 101 Å². The lowest BCUT2D eigenvalue weighted by Crippen LogP contribution is -2.51. The van der Waals surface area contributed by atoms with Crippen LogP contribution in [0.4, 0.5) is 5.82 Å². The summed E-state index contributed by atoms with van der Waals surface area (Å²) in [6.45, 7) is 9.55. The number of fused-ring (bicyclic) bond motifs is 1. The largest absolute Gasteiger partial charge is 0.507 e. The van der Waals surface area contributed by atoms with Crippen LogP contribution in [0.25, 0.3) is 32.6 Å². The lowest BCUT2D eigenvalue weighted by molar-refractivity contribution is -0.141. The highest BCUT2D eigenvalue weighted by molar-refractivity contribution is 7.13. The van der Waals surface area contributed by atoms with Gasteiger partial charge in [-0.2, -0.15) is 0 Å². The number of carbonyl (C=O) groups excluding carboxylic acids is 2. The van der Waals surface area contributed by atoms with Crippen LogP contribution in [-0.4, -0.2) is 85.1 Å². The first-order valence-corrected chi connectivity index (χ1v) is 22.0. The van der Waals surface area contributed by atoms with Gasteiger partial charge < -0.3 is 34.6 Å². The topological polar surface area (TPSA) is 167 Å². The van der Waals surface area contributed by atoms with E-state index in [0.29, 0.717) is 22.8 Å². The molecule has 3 aromatic heterocycles. The van der Waals surface area contributed by atoms with E-state index in [1.807, 2.05) is 99.9 Å². The number of nitrogens with zero attached hydrogens (tertiary/aromatic N) is 6. The van der Waals surface area contributed by atoms with E-state index in [1.165, 1.54) is 4.90 Å². The molecule has 4 atom stereocenters. The third kappa shape index (κ3) is 8.18. The average Bonchev–Trinajstić information content (AvgIpc) is 4.00. The van der Waals surface area contributed by atoms with Gasteiger partial charge in [0.1, 0.15) is 23.5 Å². The highest BCUT2D eigenvalue weighted by Gasteiger charge is 2.48. The van der Waals surface area contributed by atoms with Crippen molar-refractivity contribution in [1.29, 1.82) is 0 Å². The number of ether oxygens (including phenoxy) is 1. The second-order valence-electron chi connectivity index (χ2n) is 17.4. The first-order chi connectivity index (χ1) is 29.4. The van der Waals surface area contributed by atoms with Crippen LogP contribution in [0, 0.1) is 18.3 Å². The molecule has 2 aliphatic heterocycles. The normalized spacial score (nSPS) is 19.9. The number of aliphatic hydroxyl groups is 1. The van der Waals surface area contributed by atoms with Crippen molar-refractivity contribution in [2.45, 2.75) is 90.0 Å². The number of piperidine rings is 1. The Kier molecular flexibility index (Phi) is 11.0. The van der Waals surface area contributed by atoms with E-state index >= 15 is 0 Å². The maximum absolute atomic E-state index is 14.3. The molecule has 0 radical (unpaired) electrons. The van der Waals surface area contributed by atoms with Gasteiger partial charge in [-0.15, -0.1) is 21.5 Å². The molecule has 3 aliphatic rings. The van der Waals surface area contributed by atoms with Gasteiger partial charge >= 0.3 is 0 Å². The third-order valence-corrected chi connectivity index (χ3v) is 13.9. The molecule has 1 aliphatic carbocycles. The number of β-amino-alcohol motifs (C(OH)–C–C–N with tert-alkyl or cyclic N) is 1. The monoisotopic (exact) mass is 841 g/mol. The zero-order valence-electron chi connectivity index (χ0n) is 34.8. The van der Waals surface area contributed by atoms with Crippen molar-refractivity contribution in [1.82, 2.24) is 30.6 Å². The molecule has 1 spiro atoms. The summed E-state index contributed by atoms with van der Waals surface area (Å²) in [4.78, 5) is 37.3. The van der Waals surface area contributed by atoms with Gasteiger partial charge in [0.05, 0.1) is 45.5 Å². The predicted octanol–water partition coefficient (Wildman–Crippen LogP) is 7.83. The minimum Gasteiger partial charge on any atom is -0.507 e. The Bertz CT molecular complexity index is 2540. The fourth-order valence-electron chi connectivity index (χ4n) is 9.41. The van der Waals surface area contributed by atoms with Gasteiger partial charge in [0.2, 0.25) is 11.8 Å². The second kappa shape index (κ2) is 16.5. The number of benzene rings is 3. The maximum atomic E-state index is 14.3. The smallest absolute Gasteiger partial charge is 0.243 e. The third-order valence-electron chi connectivity index (χ3n) is 12.9. The molecule has 1 unspecified atom stereocenters. The van der Waals surface area contributed by atoms with Crippen molar-refractivity contribution in [3.8, 4) is 33.2 Å². The molecule has 2 amide bonds. The summed E-state index contributed by atoms with van der Waals surface area (Å²) >= 11 is 1.60. The van der Waals surface area contributed by atoms with E-state index in [4.69, 9.17) is 9.26 Å². The molecule has 14 heteroatoms. The van der Waals surface area contributed by atoms with E-state index in [1.54, 1.807) is 23.5 Å². The molecule has 61 heavy (non-hydrogen) atoms. The number of phenols is 1. The number of aliphatic hydroxyl groups excluding tert-OH is 1. The van der Waals surface area contributed by atoms with Crippen molar-refractivity contribution >= 4 is 39.9 Å². The van der Waals surface area contributed by atoms with Gasteiger partial charge in [0.15, 0.2) is 11.6 Å². The Morgan fingerprint density at radius 1 is 0.984 bits per heavy atom. The summed E-state index contributed by atoms with van der Waals surface area (Å²) in [5, 5.41) is 38.2. The number of thiazole rings is 1. The first kappa shape index (κ1) is 40.5. The summed E-state index contributed by atoms with van der Waals surface area (Å²) in [6.07, 6.45) is 3.42. The van der Waals surface area contributed by atoms with Crippen LogP contribution in [0.1, 0.15) is 81.9 Å². The number of para-hydroxylation sites is 1. The fourth-order valence-corrected chi connectivity index (χ4v) is 10.2. The van der Waals surface area contributed by atoms with E-state index in [9.17, 15) is 19.8 Å². The van der Waals surface area contributed by atoms with Gasteiger partial charge in [-0.3, -0.25) is 9.59 Å². The maximum Gasteiger partial charge on any atom is 0.243 e. The first-order valence-electron chi connectivity index (χ1n) is 21.2. The predicted molar refractivity (Wildman–Crippen MR) is 233 cm³/mol. The molecule has 3 fully saturated rings. The van der Waals surface area contributed by atoms with E-state index in [2.05, 4.69) is 30.6 Å². The van der Waals surface area contributed by atoms with Crippen molar-refractivity contribution < 1.29 is 29.1 Å². The number of rotatable bonds is 11. The number of likely N-dealkylation sites (tertiary alicyclic amines) is 1. The Morgan fingerprint density at radius 3 is 2.48 bits per heavy atom. The minimum atomic E-state index is -0.806. The number of amides is 2. The van der Waals surface area contributed by atoms with E-state index in [0.717, 1.165) is 77.1 Å². The van der Waals surface area contributed by atoms with E-state index in [-0.39, 0.29) is 54.0 Å². The SMILES string of the molecule is Cc1ncsc1-c1ccc([C@H](C)NC(=O)[C@@H]2C[C@@H](O)CN2C(=O)C(c2cc(N3CCC4(CC3)CC(Oc3ccc5nnc(-c6ccccc6O)cc5c3)C4)no2)C(C)C)cc1. The summed E-state index contributed by atoms with van der Waals surface area (Å²) in [5.41, 5.74) is 7.05. The van der Waals surface area contributed by atoms with Crippen LogP contribution < -0.4 is 15.0 Å². The number of carbonyl (C=O) groups is 2. The van der Waals surface area contributed by atoms with Crippen LogP contribution in [-0.2, 0) is 9.59 Å². The second-order valence-corrected chi connectivity index (χ2v) is 18.3. The van der Waals surface area contributed by atoms with E-state index < -0.39 is 18.1 Å². The number of aromatic nitrogens is 4. The number of aryl methyl sites for hydroxylation is 1. The minimum absolute atomic E-state index is 0.0768. The molecule has 9 rings (SSSR count). The zero-order chi connectivity index (χ0) is 42.4. The van der Waals surface area contributed by atoms with Gasteiger partial charge in [-0.25, -0.2) is 4.98 Å². The van der Waals surface area contributed by atoms with Gasteiger partial charge in [-0.1, -0.05) is 55.4 Å². The Labute approximate surface area is 358 Å². The summed E-state index contributed by atoms with van der Waals surface area (Å²) in [5.74, 6) is 0.779. The molecule has 13 nitrogen and oxygen atoms in total. The highest BCUT2D eigenvalue weighted by atomic mass is 32.1. The summed E-state index contributed by atoms with van der Waals surface area (Å²) in [7, 11) is 0. The number of hydrogen-bond acceptors (Lipinski definition) is 12. The van der Waals surface area contributed by atoms with Gasteiger partial charge in [-0.05, 0) is 98.4 Å². The molecular weight excluding hydrogens is 791 g/mol. The Balaban J connectivity index is 0.797. The van der Waals surface area contributed by atoms with Gasteiger partial charge in [0.25, 0.3) is 0 Å². The zero-order valence-corrected chi connectivity index (χ0v) is 35.6. The summed E-state index contributed by atoms with van der Waals surface area (Å²) in [6, 6.07) is 23.7. The fraction of sp³-hybridized carbons (Fsp3) is 0.404. The van der Waals surface area contributed by atoms with Crippen LogP contribution in [0.2, 0.25) is 0 Å². The lowest BCUT2D eigenvalue weighted by atomic mass is 9.61. The number of phenolic OH excluding ortho intramolecular Hbond substituents is 1. The molecule has 316 valence electrons. The molecule has 6 aromatic rings. The molecule has 1 saturated carbocycles.